The summed E-state index contributed by atoms with van der Waals surface area (Å²) >= 11 is 0. The predicted molar refractivity (Wildman–Crippen MR) is 65.6 cm³/mol. The normalized spacial score (nSPS) is 10.8. The second kappa shape index (κ2) is 6.24. The molecule has 0 radical (unpaired) electrons. The van der Waals surface area contributed by atoms with E-state index in [1.54, 1.807) is 18.1 Å². The molecule has 6 nitrogen and oxygen atoms in total. The van der Waals surface area contributed by atoms with Gasteiger partial charge >= 0.3 is 0 Å². The highest BCUT2D eigenvalue weighted by atomic mass is 16.5. The number of carbonyl (C=O) groups excluding carboxylic acids is 1. The monoisotopic (exact) mass is 240 g/mol. The molecule has 1 amide bonds. The van der Waals surface area contributed by atoms with E-state index in [0.29, 0.717) is 37.1 Å². The van der Waals surface area contributed by atoms with Crippen LogP contribution >= 0.6 is 0 Å². The third-order valence-corrected chi connectivity index (χ3v) is 2.27. The molecule has 17 heavy (non-hydrogen) atoms. The maximum absolute atomic E-state index is 12.1. The summed E-state index contributed by atoms with van der Waals surface area (Å²) in [6.07, 6.45) is 0. The number of ether oxygens (including phenoxy) is 1. The number of nitrogen functional groups attached to an aromatic ring is 1. The highest BCUT2D eigenvalue weighted by Crippen LogP contribution is 2.07. The number of hydrogen-bond donors (Lipinski definition) is 2. The number of H-pyrrole nitrogens is 1. The van der Waals surface area contributed by atoms with Gasteiger partial charge in [-0.2, -0.15) is 5.10 Å². The Labute approximate surface area is 101 Å². The van der Waals surface area contributed by atoms with Crippen LogP contribution in [0.15, 0.2) is 6.07 Å². The average molecular weight is 240 g/mol. The van der Waals surface area contributed by atoms with Crippen molar-refractivity contribution in [3.8, 4) is 0 Å². The topological polar surface area (TPSA) is 84.2 Å². The van der Waals surface area contributed by atoms with Crippen LogP contribution in [0.4, 0.5) is 5.82 Å². The number of anilines is 1. The number of aromatic nitrogens is 2. The van der Waals surface area contributed by atoms with E-state index in [1.165, 1.54) is 0 Å². The average Bonchev–Trinajstić information content (AvgIpc) is 2.69. The molecule has 96 valence electrons. The molecule has 1 rings (SSSR count). The summed E-state index contributed by atoms with van der Waals surface area (Å²) < 4.78 is 5.00. The van der Waals surface area contributed by atoms with Crippen LogP contribution in [0.1, 0.15) is 24.3 Å². The van der Waals surface area contributed by atoms with Crippen molar-refractivity contribution >= 4 is 11.7 Å². The Bertz CT molecular complexity index is 362. The van der Waals surface area contributed by atoms with Gasteiger partial charge in [0.2, 0.25) is 0 Å². The molecule has 1 heterocycles. The summed E-state index contributed by atoms with van der Waals surface area (Å²) in [5.74, 6) is 0.626. The fraction of sp³-hybridized carbons (Fsp3) is 0.636. The molecule has 6 heteroatoms. The minimum Gasteiger partial charge on any atom is -0.383 e. The smallest absolute Gasteiger partial charge is 0.272 e. The van der Waals surface area contributed by atoms with E-state index in [9.17, 15) is 4.79 Å². The molecule has 0 saturated carbocycles. The Morgan fingerprint density at radius 1 is 1.65 bits per heavy atom. The van der Waals surface area contributed by atoms with Crippen molar-refractivity contribution in [1.29, 1.82) is 0 Å². The van der Waals surface area contributed by atoms with E-state index < -0.39 is 0 Å². The van der Waals surface area contributed by atoms with Crippen molar-refractivity contribution in [1.82, 2.24) is 15.1 Å². The van der Waals surface area contributed by atoms with Crippen molar-refractivity contribution in [3.63, 3.8) is 0 Å². The van der Waals surface area contributed by atoms with Gasteiger partial charge in [0.25, 0.3) is 5.91 Å². The fourth-order valence-corrected chi connectivity index (χ4v) is 1.54. The van der Waals surface area contributed by atoms with Gasteiger partial charge in [0, 0.05) is 26.3 Å². The molecule has 0 bridgehead atoms. The first-order valence-corrected chi connectivity index (χ1v) is 5.63. The van der Waals surface area contributed by atoms with Gasteiger partial charge in [0.05, 0.1) is 6.61 Å². The zero-order chi connectivity index (χ0) is 12.8. The van der Waals surface area contributed by atoms with Crippen molar-refractivity contribution in [2.75, 3.05) is 32.5 Å². The zero-order valence-electron chi connectivity index (χ0n) is 10.6. The van der Waals surface area contributed by atoms with Crippen LogP contribution < -0.4 is 5.73 Å². The molecule has 0 aliphatic heterocycles. The van der Waals surface area contributed by atoms with Crippen LogP contribution in [0.25, 0.3) is 0 Å². The Morgan fingerprint density at radius 2 is 2.35 bits per heavy atom. The third kappa shape index (κ3) is 4.07. The molecule has 0 aliphatic carbocycles. The Morgan fingerprint density at radius 3 is 2.82 bits per heavy atom. The van der Waals surface area contributed by atoms with Gasteiger partial charge < -0.3 is 15.4 Å². The van der Waals surface area contributed by atoms with E-state index >= 15 is 0 Å². The zero-order valence-corrected chi connectivity index (χ0v) is 10.6. The summed E-state index contributed by atoms with van der Waals surface area (Å²) in [6, 6.07) is 1.54. The van der Waals surface area contributed by atoms with Crippen LogP contribution in [0, 0.1) is 5.92 Å². The first-order chi connectivity index (χ1) is 8.04. The van der Waals surface area contributed by atoms with E-state index in [2.05, 4.69) is 24.0 Å². The van der Waals surface area contributed by atoms with Gasteiger partial charge in [0.15, 0.2) is 0 Å². The van der Waals surface area contributed by atoms with Crippen LogP contribution in [-0.4, -0.2) is 47.8 Å². The van der Waals surface area contributed by atoms with E-state index in [-0.39, 0.29) is 5.91 Å². The number of nitrogens with zero attached hydrogens (tertiary/aromatic N) is 2. The number of nitrogens with two attached hydrogens (primary N) is 1. The van der Waals surface area contributed by atoms with Crippen molar-refractivity contribution in [3.05, 3.63) is 11.8 Å². The first-order valence-electron chi connectivity index (χ1n) is 5.63. The molecule has 3 N–H and O–H groups in total. The van der Waals surface area contributed by atoms with Crippen molar-refractivity contribution in [2.45, 2.75) is 13.8 Å². The lowest BCUT2D eigenvalue weighted by Crippen LogP contribution is -2.36. The van der Waals surface area contributed by atoms with Gasteiger partial charge in [-0.25, -0.2) is 0 Å². The van der Waals surface area contributed by atoms with Gasteiger partial charge in [-0.3, -0.25) is 9.89 Å². The summed E-state index contributed by atoms with van der Waals surface area (Å²) in [5.41, 5.74) is 5.90. The Balaban J connectivity index is 2.71. The molecule has 0 spiro atoms. The van der Waals surface area contributed by atoms with Crippen molar-refractivity contribution < 1.29 is 9.53 Å². The summed E-state index contributed by atoms with van der Waals surface area (Å²) in [6.45, 7) is 5.89. The number of carbonyl (C=O) groups is 1. The number of rotatable bonds is 6. The largest absolute Gasteiger partial charge is 0.383 e. The van der Waals surface area contributed by atoms with Crippen LogP contribution in [-0.2, 0) is 4.74 Å². The quantitative estimate of drug-likeness (QED) is 0.768. The first kappa shape index (κ1) is 13.5. The van der Waals surface area contributed by atoms with Crippen LogP contribution in [0.2, 0.25) is 0 Å². The van der Waals surface area contributed by atoms with Crippen LogP contribution in [0.3, 0.4) is 0 Å². The molecular weight excluding hydrogens is 220 g/mol. The molecule has 0 atom stereocenters. The summed E-state index contributed by atoms with van der Waals surface area (Å²) in [4.78, 5) is 13.9. The lowest BCUT2D eigenvalue weighted by atomic mass is 10.2. The number of methoxy groups -OCH3 is 1. The molecule has 0 fully saturated rings. The van der Waals surface area contributed by atoms with E-state index in [4.69, 9.17) is 10.5 Å². The molecule has 1 aromatic heterocycles. The maximum Gasteiger partial charge on any atom is 0.272 e. The minimum atomic E-state index is -0.0973. The SMILES string of the molecule is COCCN(CC(C)C)C(=O)c1cc(N)n[nH]1. The van der Waals surface area contributed by atoms with Gasteiger partial charge in [-0.05, 0) is 5.92 Å². The lowest BCUT2D eigenvalue weighted by molar-refractivity contribution is 0.0666. The van der Waals surface area contributed by atoms with Gasteiger partial charge in [-0.1, -0.05) is 13.8 Å². The minimum absolute atomic E-state index is 0.0973. The molecule has 0 aliphatic rings. The molecule has 0 saturated heterocycles. The van der Waals surface area contributed by atoms with E-state index in [0.717, 1.165) is 0 Å². The summed E-state index contributed by atoms with van der Waals surface area (Å²) in [7, 11) is 1.62. The number of amides is 1. The van der Waals surface area contributed by atoms with Crippen molar-refractivity contribution in [2.24, 2.45) is 5.92 Å². The molecule has 0 aromatic carbocycles. The number of aromatic amines is 1. The standard InChI is InChI=1S/C11H20N4O2/c1-8(2)7-15(4-5-17-3)11(16)9-6-10(12)14-13-9/h6,8H,4-5,7H2,1-3H3,(H3,12,13,14). The Kier molecular flexibility index (Phi) is 4.96. The highest BCUT2D eigenvalue weighted by molar-refractivity contribution is 5.92. The fourth-order valence-electron chi connectivity index (χ4n) is 1.54. The maximum atomic E-state index is 12.1. The van der Waals surface area contributed by atoms with E-state index in [1.807, 2.05) is 0 Å². The van der Waals surface area contributed by atoms with Crippen LogP contribution in [0.5, 0.6) is 0 Å². The molecule has 1 aromatic rings. The third-order valence-electron chi connectivity index (χ3n) is 2.27. The number of nitrogens with one attached hydrogen (secondary N) is 1. The highest BCUT2D eigenvalue weighted by Gasteiger charge is 2.18. The second-order valence-electron chi connectivity index (χ2n) is 4.34. The number of hydrogen-bond acceptors (Lipinski definition) is 4. The molecular formula is C11H20N4O2. The van der Waals surface area contributed by atoms with Gasteiger partial charge in [-0.15, -0.1) is 0 Å². The predicted octanol–water partition coefficient (Wildman–Crippen LogP) is 0.737. The lowest BCUT2D eigenvalue weighted by Gasteiger charge is -2.23. The van der Waals surface area contributed by atoms with Gasteiger partial charge in [0.1, 0.15) is 11.5 Å². The molecule has 0 unspecified atom stereocenters. The Hall–Kier alpha value is -1.56. The summed E-state index contributed by atoms with van der Waals surface area (Å²) in [5, 5.41) is 6.38. The second-order valence-corrected chi connectivity index (χ2v) is 4.34.